The summed E-state index contributed by atoms with van der Waals surface area (Å²) in [6.45, 7) is 5.21. The Hall–Kier alpha value is -1.88. The number of fused-ring (bicyclic) bond motifs is 1. The van der Waals surface area contributed by atoms with Crippen molar-refractivity contribution < 1.29 is 4.79 Å². The molecule has 1 aromatic carbocycles. The van der Waals surface area contributed by atoms with Gasteiger partial charge in [-0.05, 0) is 57.8 Å². The largest absolute Gasteiger partial charge is 0.341 e. The van der Waals surface area contributed by atoms with Crippen LogP contribution in [0.4, 0.5) is 0 Å². The lowest BCUT2D eigenvalue weighted by Crippen LogP contribution is -2.40. The Morgan fingerprint density at radius 2 is 2.04 bits per heavy atom. The van der Waals surface area contributed by atoms with Crippen LogP contribution >= 0.6 is 0 Å². The van der Waals surface area contributed by atoms with Crippen molar-refractivity contribution in [3.63, 3.8) is 0 Å². The zero-order valence-electron chi connectivity index (χ0n) is 14.1. The molecular weight excluding hydrogens is 288 g/mol. The number of para-hydroxylation sites is 2. The Kier molecular flexibility index (Phi) is 4.96. The van der Waals surface area contributed by atoms with Gasteiger partial charge in [-0.15, -0.1) is 0 Å². The van der Waals surface area contributed by atoms with Crippen molar-refractivity contribution in [2.75, 3.05) is 26.7 Å². The van der Waals surface area contributed by atoms with E-state index in [2.05, 4.69) is 10.3 Å². The van der Waals surface area contributed by atoms with Crippen molar-refractivity contribution in [2.45, 2.75) is 32.7 Å². The molecule has 2 aromatic rings. The number of piperidine rings is 1. The standard InChI is InChI=1S/C18H26N4O/c1-14-20-16-5-3-4-6-17(16)22(14)13-18(23)21-11-8-15(9-12-21)7-10-19-2/h3-6,15,19H,7-13H2,1-2H3. The highest BCUT2D eigenvalue weighted by Gasteiger charge is 2.23. The molecule has 1 N–H and O–H groups in total. The molecule has 0 atom stereocenters. The molecule has 0 spiro atoms. The highest BCUT2D eigenvalue weighted by Crippen LogP contribution is 2.21. The molecule has 0 radical (unpaired) electrons. The fourth-order valence-corrected chi connectivity index (χ4v) is 3.45. The molecule has 5 heteroatoms. The van der Waals surface area contributed by atoms with Crippen LogP contribution in [0.3, 0.4) is 0 Å². The number of hydrogen-bond acceptors (Lipinski definition) is 3. The number of imidazole rings is 1. The number of benzene rings is 1. The number of likely N-dealkylation sites (tertiary alicyclic amines) is 1. The number of aromatic nitrogens is 2. The average molecular weight is 314 g/mol. The summed E-state index contributed by atoms with van der Waals surface area (Å²) in [4.78, 5) is 19.2. The van der Waals surface area contributed by atoms with Crippen LogP contribution in [0.25, 0.3) is 11.0 Å². The average Bonchev–Trinajstić information content (AvgIpc) is 2.89. The molecule has 0 bridgehead atoms. The molecule has 1 aliphatic rings. The van der Waals surface area contributed by atoms with Gasteiger partial charge in [-0.1, -0.05) is 12.1 Å². The minimum absolute atomic E-state index is 0.211. The summed E-state index contributed by atoms with van der Waals surface area (Å²) in [5, 5.41) is 3.21. The van der Waals surface area contributed by atoms with Gasteiger partial charge in [0.05, 0.1) is 11.0 Å². The predicted octanol–water partition coefficient (Wildman–Crippen LogP) is 2.19. The fraction of sp³-hybridized carbons (Fsp3) is 0.556. The van der Waals surface area contributed by atoms with E-state index >= 15 is 0 Å². The first-order valence-electron chi connectivity index (χ1n) is 8.53. The second kappa shape index (κ2) is 7.13. The van der Waals surface area contributed by atoms with Crippen LogP contribution in [0.2, 0.25) is 0 Å². The minimum Gasteiger partial charge on any atom is -0.341 e. The van der Waals surface area contributed by atoms with Crippen molar-refractivity contribution >= 4 is 16.9 Å². The lowest BCUT2D eigenvalue weighted by Gasteiger charge is -2.32. The molecular formula is C18H26N4O. The Morgan fingerprint density at radius 1 is 1.30 bits per heavy atom. The van der Waals surface area contributed by atoms with Gasteiger partial charge in [0.1, 0.15) is 12.4 Å². The van der Waals surface area contributed by atoms with Crippen molar-refractivity contribution in [1.82, 2.24) is 19.8 Å². The summed E-state index contributed by atoms with van der Waals surface area (Å²) in [6.07, 6.45) is 3.46. The van der Waals surface area contributed by atoms with E-state index < -0.39 is 0 Å². The third kappa shape index (κ3) is 3.55. The third-order valence-corrected chi connectivity index (χ3v) is 4.91. The van der Waals surface area contributed by atoms with Crippen LogP contribution in [0.1, 0.15) is 25.1 Å². The SMILES string of the molecule is CNCCC1CCN(C(=O)Cn2c(C)nc3ccccc32)CC1. The molecule has 2 heterocycles. The van der Waals surface area contributed by atoms with Crippen LogP contribution < -0.4 is 5.32 Å². The first-order valence-corrected chi connectivity index (χ1v) is 8.53. The second-order valence-corrected chi connectivity index (χ2v) is 6.45. The van der Waals surface area contributed by atoms with E-state index in [1.54, 1.807) is 0 Å². The molecule has 3 rings (SSSR count). The van der Waals surface area contributed by atoms with E-state index in [4.69, 9.17) is 0 Å². The van der Waals surface area contributed by atoms with Crippen LogP contribution in [0, 0.1) is 12.8 Å². The van der Waals surface area contributed by atoms with Crippen molar-refractivity contribution in [3.8, 4) is 0 Å². The Balaban J connectivity index is 1.62. The van der Waals surface area contributed by atoms with Gasteiger partial charge in [-0.2, -0.15) is 0 Å². The molecule has 23 heavy (non-hydrogen) atoms. The molecule has 1 saturated heterocycles. The van der Waals surface area contributed by atoms with Crippen molar-refractivity contribution in [3.05, 3.63) is 30.1 Å². The summed E-state index contributed by atoms with van der Waals surface area (Å²) in [5.74, 6) is 1.87. The van der Waals surface area contributed by atoms with E-state index in [9.17, 15) is 4.79 Å². The quantitative estimate of drug-likeness (QED) is 0.920. The molecule has 1 fully saturated rings. The Bertz CT molecular complexity index is 671. The van der Waals surface area contributed by atoms with Crippen molar-refractivity contribution in [2.24, 2.45) is 5.92 Å². The molecule has 1 aromatic heterocycles. The monoisotopic (exact) mass is 314 g/mol. The number of rotatable bonds is 5. The second-order valence-electron chi connectivity index (χ2n) is 6.45. The number of carbonyl (C=O) groups is 1. The van der Waals surface area contributed by atoms with Crippen LogP contribution in [-0.2, 0) is 11.3 Å². The van der Waals surface area contributed by atoms with Crippen LogP contribution in [0.15, 0.2) is 24.3 Å². The van der Waals surface area contributed by atoms with Gasteiger partial charge in [-0.3, -0.25) is 4.79 Å². The Morgan fingerprint density at radius 3 is 2.78 bits per heavy atom. The summed E-state index contributed by atoms with van der Waals surface area (Å²) in [6, 6.07) is 8.01. The van der Waals surface area contributed by atoms with Gasteiger partial charge in [0, 0.05) is 13.1 Å². The number of carbonyl (C=O) groups excluding carboxylic acids is 1. The van der Waals surface area contributed by atoms with E-state index in [1.807, 2.05) is 47.7 Å². The first kappa shape index (κ1) is 16.0. The maximum absolute atomic E-state index is 12.6. The maximum Gasteiger partial charge on any atom is 0.242 e. The molecule has 5 nitrogen and oxygen atoms in total. The van der Waals surface area contributed by atoms with Crippen LogP contribution in [-0.4, -0.2) is 47.0 Å². The van der Waals surface area contributed by atoms with Gasteiger partial charge in [0.25, 0.3) is 0 Å². The van der Waals surface area contributed by atoms with E-state index in [0.717, 1.165) is 55.3 Å². The zero-order valence-corrected chi connectivity index (χ0v) is 14.1. The molecule has 0 aliphatic carbocycles. The fourth-order valence-electron chi connectivity index (χ4n) is 3.45. The Labute approximate surface area is 137 Å². The number of aryl methyl sites for hydroxylation is 1. The molecule has 0 saturated carbocycles. The smallest absolute Gasteiger partial charge is 0.242 e. The number of amides is 1. The van der Waals surface area contributed by atoms with Gasteiger partial charge in [0.2, 0.25) is 5.91 Å². The number of nitrogens with zero attached hydrogens (tertiary/aromatic N) is 3. The number of hydrogen-bond donors (Lipinski definition) is 1. The van der Waals surface area contributed by atoms with E-state index in [-0.39, 0.29) is 5.91 Å². The third-order valence-electron chi connectivity index (χ3n) is 4.91. The molecule has 1 aliphatic heterocycles. The lowest BCUT2D eigenvalue weighted by atomic mass is 9.93. The van der Waals surface area contributed by atoms with Gasteiger partial charge in [0.15, 0.2) is 0 Å². The highest BCUT2D eigenvalue weighted by atomic mass is 16.2. The molecule has 0 unspecified atom stereocenters. The lowest BCUT2D eigenvalue weighted by molar-refractivity contribution is -0.133. The number of nitrogens with one attached hydrogen (secondary N) is 1. The van der Waals surface area contributed by atoms with Gasteiger partial charge >= 0.3 is 0 Å². The minimum atomic E-state index is 0.211. The summed E-state index contributed by atoms with van der Waals surface area (Å²) in [5.41, 5.74) is 2.01. The molecule has 1 amide bonds. The summed E-state index contributed by atoms with van der Waals surface area (Å²) >= 11 is 0. The molecule has 124 valence electrons. The maximum atomic E-state index is 12.6. The topological polar surface area (TPSA) is 50.2 Å². The summed E-state index contributed by atoms with van der Waals surface area (Å²) < 4.78 is 2.03. The van der Waals surface area contributed by atoms with E-state index in [1.165, 1.54) is 6.42 Å². The highest BCUT2D eigenvalue weighted by molar-refractivity contribution is 5.81. The van der Waals surface area contributed by atoms with Crippen LogP contribution in [0.5, 0.6) is 0 Å². The predicted molar refractivity (Wildman–Crippen MR) is 92.3 cm³/mol. The first-order chi connectivity index (χ1) is 11.2. The van der Waals surface area contributed by atoms with Gasteiger partial charge < -0.3 is 14.8 Å². The summed E-state index contributed by atoms with van der Waals surface area (Å²) in [7, 11) is 2.00. The zero-order chi connectivity index (χ0) is 16.2. The van der Waals surface area contributed by atoms with Crippen molar-refractivity contribution in [1.29, 1.82) is 0 Å². The normalized spacial score (nSPS) is 16.2. The van der Waals surface area contributed by atoms with Gasteiger partial charge in [-0.25, -0.2) is 4.98 Å². The van der Waals surface area contributed by atoms with E-state index in [0.29, 0.717) is 6.54 Å².